The molecule has 6 saturated heterocycles. The molecule has 6 aromatic rings. The van der Waals surface area contributed by atoms with Crippen LogP contribution in [0.4, 0.5) is 11.6 Å². The van der Waals surface area contributed by atoms with Crippen molar-refractivity contribution in [3.8, 4) is 0 Å². The van der Waals surface area contributed by atoms with Crippen LogP contribution in [0, 0.1) is 41.5 Å². The maximum absolute atomic E-state index is 15.3. The number of aryl methyl sites for hydroxylation is 6. The zero-order valence-electron chi connectivity index (χ0n) is 78.2. The fraction of sp³-hybridized carbons (Fsp3) is 0.684. The zero-order valence-corrected chi connectivity index (χ0v) is 85.1. The lowest BCUT2D eigenvalue weighted by Crippen LogP contribution is -2.42. The van der Waals surface area contributed by atoms with Crippen molar-refractivity contribution in [2.24, 2.45) is 0 Å². The minimum Gasteiger partial charge on any atom is -0.387 e. The zero-order chi connectivity index (χ0) is 104. The molecule has 12 heterocycles. The van der Waals surface area contributed by atoms with E-state index < -0.39 is 280 Å². The molecule has 14 N–H and O–H groups in total. The van der Waals surface area contributed by atoms with E-state index in [9.17, 15) is 77.5 Å². The number of nitrogens with zero attached hydrogens (tertiary/aromatic N) is 8. The summed E-state index contributed by atoms with van der Waals surface area (Å²) in [4.78, 5) is 211. The van der Waals surface area contributed by atoms with E-state index >= 15 is 9.13 Å². The normalized spacial score (nSPS) is 29.4. The molecular formula is C76H113N14O44P5S3. The number of nitrogens with one attached hydrogen (secondary N) is 4. The van der Waals surface area contributed by atoms with Gasteiger partial charge in [0.1, 0.15) is 109 Å². The van der Waals surface area contributed by atoms with Gasteiger partial charge in [-0.2, -0.15) is 9.97 Å². The summed E-state index contributed by atoms with van der Waals surface area (Å²) in [5, 5.41) is 11.8. The molecule has 28 atom stereocenters. The number of aliphatic hydroxyl groups excluding tert-OH is 1. The summed E-state index contributed by atoms with van der Waals surface area (Å²) in [5.74, 6) is -0.272. The molecule has 12 rings (SSSR count). The number of nitrogen functional groups attached to an aromatic ring is 2. The predicted molar refractivity (Wildman–Crippen MR) is 495 cm³/mol. The number of aliphatic hydroxyl groups is 1. The number of nitrogens with two attached hydrogens (primary N) is 2. The lowest BCUT2D eigenvalue weighted by atomic mass is 10.1. The van der Waals surface area contributed by atoms with E-state index in [1.807, 2.05) is 0 Å². The lowest BCUT2D eigenvalue weighted by molar-refractivity contribution is -0.0853. The van der Waals surface area contributed by atoms with Crippen molar-refractivity contribution in [2.75, 3.05) is 146 Å². The summed E-state index contributed by atoms with van der Waals surface area (Å²) >= 11 is 16.9. The van der Waals surface area contributed by atoms with E-state index in [-0.39, 0.29) is 105 Å². The Hall–Kier alpha value is -6.79. The molecule has 0 radical (unpaired) electrons. The maximum atomic E-state index is 15.3. The Kier molecular flexibility index (Phi) is 39.8. The maximum Gasteiger partial charge on any atom is 0.472 e. The molecule has 6 aliphatic rings. The Labute approximate surface area is 819 Å². The van der Waals surface area contributed by atoms with Crippen LogP contribution < -0.4 is 67.8 Å². The van der Waals surface area contributed by atoms with E-state index in [1.165, 1.54) is 93.3 Å². The molecule has 58 nitrogen and oxygen atoms in total. The van der Waals surface area contributed by atoms with Crippen LogP contribution in [0.1, 0.15) is 90.5 Å². The number of H-pyrrole nitrogens is 4. The van der Waals surface area contributed by atoms with Gasteiger partial charge < -0.3 is 135 Å². The van der Waals surface area contributed by atoms with Crippen LogP contribution in [0.2, 0.25) is 0 Å². The second kappa shape index (κ2) is 49.6. The number of hydrogen-bond donors (Lipinski definition) is 12. The van der Waals surface area contributed by atoms with Gasteiger partial charge in [-0.1, -0.05) is 6.92 Å². The third-order valence-electron chi connectivity index (χ3n) is 22.9. The molecule has 0 aromatic carbocycles. The van der Waals surface area contributed by atoms with Crippen LogP contribution in [0.5, 0.6) is 0 Å². The second-order valence-corrected chi connectivity index (χ2v) is 44.1. The van der Waals surface area contributed by atoms with Gasteiger partial charge in [-0.25, -0.2) is 37.9 Å². The first kappa shape index (κ1) is 114. The first-order valence-corrected chi connectivity index (χ1v) is 54.3. The molecular weight excluding hydrogens is 2060 g/mol. The van der Waals surface area contributed by atoms with E-state index in [4.69, 9.17) is 168 Å². The Morgan fingerprint density at radius 1 is 0.359 bits per heavy atom. The summed E-state index contributed by atoms with van der Waals surface area (Å²) in [6.07, 6.45) is -31.5. The van der Waals surface area contributed by atoms with Crippen LogP contribution in [0.25, 0.3) is 0 Å². The molecule has 66 heteroatoms. The van der Waals surface area contributed by atoms with Crippen molar-refractivity contribution in [2.45, 2.75) is 202 Å². The molecule has 0 spiro atoms. The highest BCUT2D eigenvalue weighted by molar-refractivity contribution is 8.07. The van der Waals surface area contributed by atoms with Gasteiger partial charge in [0.25, 0.3) is 22.2 Å². The van der Waals surface area contributed by atoms with E-state index in [0.717, 1.165) is 41.4 Å². The number of phosphoric acid groups is 2. The highest BCUT2D eigenvalue weighted by Crippen LogP contribution is 2.58. The molecule has 0 bridgehead atoms. The van der Waals surface area contributed by atoms with Gasteiger partial charge in [0.05, 0.1) is 111 Å². The number of aromatic nitrogens is 12. The van der Waals surface area contributed by atoms with E-state index in [2.05, 4.69) is 29.9 Å². The van der Waals surface area contributed by atoms with Crippen molar-refractivity contribution in [1.82, 2.24) is 57.3 Å². The summed E-state index contributed by atoms with van der Waals surface area (Å²) in [7, 11) is -5.31. The Bertz CT molecular complexity index is 6290. The molecule has 0 aliphatic carbocycles. The number of aromatic amines is 4. The molecule has 6 aromatic heterocycles. The topological polar surface area (TPSA) is 737 Å². The van der Waals surface area contributed by atoms with Gasteiger partial charge in [0, 0.05) is 113 Å². The molecule has 10 unspecified atom stereocenters. The highest BCUT2D eigenvalue weighted by Gasteiger charge is 2.58. The highest BCUT2D eigenvalue weighted by atomic mass is 32.5. The minimum absolute atomic E-state index is 0.00271. The Morgan fingerprint density at radius 3 is 0.958 bits per heavy atom. The molecule has 142 heavy (non-hydrogen) atoms. The molecule has 6 fully saturated rings. The summed E-state index contributed by atoms with van der Waals surface area (Å²) in [5.41, 5.74) is 3.02. The van der Waals surface area contributed by atoms with Gasteiger partial charge in [0.15, 0.2) is 31.1 Å². The van der Waals surface area contributed by atoms with Gasteiger partial charge in [0.2, 0.25) is 0 Å². The first-order valence-electron chi connectivity index (χ1n) is 43.5. The average molecular weight is 2180 g/mol. The Balaban J connectivity index is 0.844. The molecule has 6 aliphatic heterocycles. The SMILES string of the molecule is CC[C@H]1O[C@@H](n2cc(C)c(N)nc2=O)C[C@H]1OP(O)(=S)OC[C@H]1O[C@@H](n2cc(C)c(=O)[nH]c2=O)C(OCCOC)[C@H]1OP(=O)(O)OC[C@H]1O[C@@H](n2cc(C)c(=O)[nH]c2=O)C(OCCOC)[C@H]1OP(=O)(O)OC[C@H]1O[C@@H](n2cc(C)c(N)nc2=O)C(OCCOC)[C@H]1OP(O)(=S)OC[C@H]1O[C@@H](n2cc(C)c(=O)[nH]c2=O)C(OCCOC)[C@H]1OP(O)(=S)OC[C@H]1O[C@@H](n2cc(C)c(=O)[nH]c2=O)C(OCCOC)[C@H]1O. The van der Waals surface area contributed by atoms with Gasteiger partial charge in [-0.15, -0.1) is 0 Å². The molecule has 794 valence electrons. The fourth-order valence-corrected chi connectivity index (χ4v) is 22.1. The van der Waals surface area contributed by atoms with Gasteiger partial charge in [-0.3, -0.25) is 93.7 Å². The van der Waals surface area contributed by atoms with E-state index in [1.54, 1.807) is 13.8 Å². The van der Waals surface area contributed by atoms with Crippen LogP contribution in [-0.2, 0) is 166 Å². The number of methoxy groups -OCH3 is 5. The van der Waals surface area contributed by atoms with Crippen LogP contribution >= 0.6 is 35.8 Å². The van der Waals surface area contributed by atoms with Gasteiger partial charge in [-0.05, 0) is 83.4 Å². The van der Waals surface area contributed by atoms with Crippen molar-refractivity contribution in [1.29, 1.82) is 0 Å². The Morgan fingerprint density at radius 2 is 0.627 bits per heavy atom. The molecule has 0 amide bonds. The summed E-state index contributed by atoms with van der Waals surface area (Å²) in [6, 6.07) is 0. The van der Waals surface area contributed by atoms with Crippen molar-refractivity contribution in [3.63, 3.8) is 0 Å². The van der Waals surface area contributed by atoms with Crippen molar-refractivity contribution >= 4 is 82.9 Å². The number of anilines is 2. The quantitative estimate of drug-likeness (QED) is 0.0136. The fourth-order valence-electron chi connectivity index (χ4n) is 15.8. The van der Waals surface area contributed by atoms with E-state index in [0.29, 0.717) is 5.56 Å². The van der Waals surface area contributed by atoms with Crippen molar-refractivity contribution in [3.05, 3.63) is 175 Å². The predicted octanol–water partition coefficient (Wildman–Crippen LogP) is -2.72. The smallest absolute Gasteiger partial charge is 0.387 e. The standard InChI is InChI=1S/C76H113N14O44P5S3/c1-13-42-43(24-49(124-42)85-25-36(2)60(77)79-71(85)96)130-137(106,140)122-34-47-52(57(116-21-16-111-10)68(128-47)89-29-40(6)64(94)83-75(89)100)132-135(102,103)119-32-45-51(56(115-20-15-110-9)67(126-45)88-28-39(5)63(93)82-74(88)99)131-136(104,105)120-33-46-53(58(117-22-17-112-11)69(127-46)86-26-37(3)61(78)80-72(86)97)133-139(108,142)123-35-48-54(59(118-23-18-113-12)70(129-48)90-30-41(7)65(95)84-76(90)101)134-138(107,141)121-31-44-50(91)55(114-19-14-109-8)66(125-44)87-27-38(4)62(92)81-73(87)98/h25-30,42-59,66-70,91H,13-24,31-35H2,1-12H3,(H,102,103)(H,104,105)(H,106,140)(H,107,141)(H,108,142)(H2,77,79,96)(H2,78,80,97)(H,81,92,98)(H,82,93,99)(H,83,94,100)(H,84,95,101)/t42-,43-,44-,45-,46-,47-,48-,49-,50+,51+,52+,53+,54+,55?,56?,57?,58?,59?,66-,67-,68-,69-,70-,137?,138?,139?/m1/s1. The summed E-state index contributed by atoms with van der Waals surface area (Å²) in [6.45, 7) is -12.3. The first-order chi connectivity index (χ1) is 67.1. The average Bonchev–Trinajstić information content (AvgIpc) is 1.62. The number of hydrogen-bond acceptors (Lipinski definition) is 46. The lowest BCUT2D eigenvalue weighted by Gasteiger charge is -2.30. The monoisotopic (exact) mass is 2180 g/mol. The van der Waals surface area contributed by atoms with Crippen molar-refractivity contribution < 1.29 is 160 Å². The van der Waals surface area contributed by atoms with Crippen LogP contribution in [0.15, 0.2) is 85.1 Å². The number of phosphoric ester groups is 2. The number of ether oxygens (including phenoxy) is 16. The molecule has 0 saturated carbocycles. The second-order valence-electron chi connectivity index (χ2n) is 32.9. The third-order valence-corrected chi connectivity index (χ3v) is 29.6. The minimum atomic E-state index is -5.99. The summed E-state index contributed by atoms with van der Waals surface area (Å²) < 4.78 is 191. The van der Waals surface area contributed by atoms with Gasteiger partial charge >= 0.3 is 69.9 Å². The number of rotatable bonds is 52. The van der Waals surface area contributed by atoms with Crippen LogP contribution in [0.3, 0.4) is 0 Å². The largest absolute Gasteiger partial charge is 0.472 e. The third kappa shape index (κ3) is 28.2. The van der Waals surface area contributed by atoms with Crippen LogP contribution in [-0.4, -0.2) is 325 Å².